The van der Waals surface area contributed by atoms with Gasteiger partial charge in [-0.2, -0.15) is 0 Å². The molecule has 3 heterocycles. The summed E-state index contributed by atoms with van der Waals surface area (Å²) in [7, 11) is 0. The highest BCUT2D eigenvalue weighted by molar-refractivity contribution is 7.00. The van der Waals surface area contributed by atoms with Gasteiger partial charge < -0.3 is 14.4 Å². The molecular formula is C84H56BN3. The first kappa shape index (κ1) is 51.0. The molecule has 0 spiro atoms. The third kappa shape index (κ3) is 8.68. The second-order valence-electron chi connectivity index (χ2n) is 23.2. The van der Waals surface area contributed by atoms with Gasteiger partial charge in [-0.05, 0) is 168 Å². The molecule has 15 aromatic rings. The van der Waals surface area contributed by atoms with Crippen LogP contribution in [0.2, 0.25) is 0 Å². The van der Waals surface area contributed by atoms with Crippen molar-refractivity contribution in [3.8, 4) is 83.6 Å². The van der Waals surface area contributed by atoms with Crippen molar-refractivity contribution in [1.29, 1.82) is 0 Å². The molecule has 2 aliphatic heterocycles. The van der Waals surface area contributed by atoms with E-state index in [0.717, 1.165) is 112 Å². The topological polar surface area (TPSA) is 11.4 Å². The van der Waals surface area contributed by atoms with E-state index in [1.165, 1.54) is 43.8 Å². The van der Waals surface area contributed by atoms with Crippen LogP contribution in [0.25, 0.3) is 105 Å². The smallest absolute Gasteiger partial charge is 0.252 e. The minimum atomic E-state index is -0.158. The molecule has 1 aromatic heterocycles. The Bertz CT molecular complexity index is 4770. The average Bonchev–Trinajstić information content (AvgIpc) is 0.844. The summed E-state index contributed by atoms with van der Waals surface area (Å²) in [6.45, 7) is -0.158. The molecule has 0 unspecified atom stereocenters. The van der Waals surface area contributed by atoms with E-state index < -0.39 is 0 Å². The molecule has 0 atom stereocenters. The number of rotatable bonds is 10. The third-order valence-electron chi connectivity index (χ3n) is 18.1. The lowest BCUT2D eigenvalue weighted by molar-refractivity contribution is 1.18. The van der Waals surface area contributed by atoms with E-state index in [4.69, 9.17) is 0 Å². The standard InChI is InChI=1S/C84H56BN3/c1-8-25-57(26-9-1)63-43-45-76-79(53-63)86(71-49-65(59-29-12-3-13-30-59)47-66(50-71)60-31-14-4-15-32-60)81-55-69(73-40-24-41-75-74-39-22-23-42-78(74)88(84(73)75)70-37-20-7-21-38-70)56-82-83(81)85(76)77-46-44-64(58-27-10-2-11-28-58)54-80(77)87(82)72-51-67(61-33-16-5-17-34-61)48-68(52-72)62-35-18-6-19-36-62/h1-56H. The summed E-state index contributed by atoms with van der Waals surface area (Å²) in [6.07, 6.45) is 0. The second-order valence-corrected chi connectivity index (χ2v) is 23.2. The van der Waals surface area contributed by atoms with E-state index in [1.54, 1.807) is 0 Å². The molecule has 0 radical (unpaired) electrons. The minimum Gasteiger partial charge on any atom is -0.311 e. The number of hydrogen-bond acceptors (Lipinski definition) is 2. The van der Waals surface area contributed by atoms with Gasteiger partial charge in [-0.1, -0.05) is 261 Å². The van der Waals surface area contributed by atoms with Crippen molar-refractivity contribution < 1.29 is 0 Å². The number of benzene rings is 14. The third-order valence-corrected chi connectivity index (χ3v) is 18.1. The SMILES string of the molecule is c1ccc(-c2cc(-c3ccccc3)cc(N3c4cc(-c5ccccc5)ccc4B4c5ccc(-c6ccccc6)cc5N(c5cc(-c6ccccc6)cc(-c6ccccc6)c5)c5cc(-c6cccc7c8ccccc8n(-c8ccccc8)c67)cc3c54)c2)cc1. The normalized spacial score (nSPS) is 12.2. The molecule has 14 aromatic carbocycles. The molecule has 4 heteroatoms. The molecule has 0 amide bonds. The van der Waals surface area contributed by atoms with E-state index >= 15 is 0 Å². The van der Waals surface area contributed by atoms with Gasteiger partial charge >= 0.3 is 0 Å². The first-order valence-corrected chi connectivity index (χ1v) is 30.4. The van der Waals surface area contributed by atoms with Crippen molar-refractivity contribution >= 4 is 79.0 Å². The highest BCUT2D eigenvalue weighted by Gasteiger charge is 2.44. The van der Waals surface area contributed by atoms with Gasteiger partial charge in [-0.15, -0.1) is 0 Å². The van der Waals surface area contributed by atoms with E-state index in [-0.39, 0.29) is 6.71 Å². The Balaban J connectivity index is 1.04. The molecule has 0 saturated carbocycles. The summed E-state index contributed by atoms with van der Waals surface area (Å²) in [4.78, 5) is 5.23. The molecule has 0 saturated heterocycles. The Morgan fingerprint density at radius 3 is 0.989 bits per heavy atom. The lowest BCUT2D eigenvalue weighted by Crippen LogP contribution is -2.61. The molecule has 2 aliphatic rings. The zero-order chi connectivity index (χ0) is 58.1. The van der Waals surface area contributed by atoms with Crippen LogP contribution in [0.1, 0.15) is 0 Å². The highest BCUT2D eigenvalue weighted by atomic mass is 15.2. The fourth-order valence-electron chi connectivity index (χ4n) is 14.1. The highest BCUT2D eigenvalue weighted by Crippen LogP contribution is 2.51. The maximum atomic E-state index is 2.61. The molecule has 0 fully saturated rings. The van der Waals surface area contributed by atoms with Crippen LogP contribution in [-0.2, 0) is 0 Å². The summed E-state index contributed by atoms with van der Waals surface area (Å²) in [5.41, 5.74) is 30.0. The summed E-state index contributed by atoms with van der Waals surface area (Å²) in [5, 5.41) is 2.42. The molecule has 0 aliphatic carbocycles. The fraction of sp³-hybridized carbons (Fsp3) is 0. The maximum Gasteiger partial charge on any atom is 0.252 e. The van der Waals surface area contributed by atoms with Crippen LogP contribution < -0.4 is 26.2 Å². The molecule has 410 valence electrons. The van der Waals surface area contributed by atoms with Gasteiger partial charge in [-0.3, -0.25) is 0 Å². The minimum absolute atomic E-state index is 0.158. The Labute approximate surface area is 513 Å². The van der Waals surface area contributed by atoms with E-state index in [9.17, 15) is 0 Å². The van der Waals surface area contributed by atoms with Crippen LogP contribution in [0.4, 0.5) is 34.1 Å². The number of para-hydroxylation sites is 3. The predicted molar refractivity (Wildman–Crippen MR) is 373 cm³/mol. The van der Waals surface area contributed by atoms with Gasteiger partial charge in [0, 0.05) is 56.1 Å². The number of nitrogens with zero attached hydrogens (tertiary/aromatic N) is 3. The van der Waals surface area contributed by atoms with Gasteiger partial charge in [0.25, 0.3) is 6.71 Å². The van der Waals surface area contributed by atoms with Gasteiger partial charge in [0.05, 0.1) is 11.0 Å². The first-order chi connectivity index (χ1) is 43.6. The van der Waals surface area contributed by atoms with Crippen molar-refractivity contribution in [3.05, 3.63) is 340 Å². The fourth-order valence-corrected chi connectivity index (χ4v) is 14.1. The lowest BCUT2D eigenvalue weighted by atomic mass is 9.33. The van der Waals surface area contributed by atoms with E-state index in [2.05, 4.69) is 354 Å². The number of fused-ring (bicyclic) bond motifs is 7. The predicted octanol–water partition coefficient (Wildman–Crippen LogP) is 20.5. The van der Waals surface area contributed by atoms with Crippen LogP contribution in [-0.4, -0.2) is 11.3 Å². The average molecular weight is 1120 g/mol. The van der Waals surface area contributed by atoms with E-state index in [1.807, 2.05) is 0 Å². The Morgan fingerprint density at radius 1 is 0.216 bits per heavy atom. The molecular weight excluding hydrogens is 1060 g/mol. The van der Waals surface area contributed by atoms with Crippen molar-refractivity contribution in [3.63, 3.8) is 0 Å². The molecule has 0 N–H and O–H groups in total. The van der Waals surface area contributed by atoms with Crippen molar-refractivity contribution in [1.82, 2.24) is 4.57 Å². The summed E-state index contributed by atoms with van der Waals surface area (Å²) >= 11 is 0. The van der Waals surface area contributed by atoms with Crippen LogP contribution in [0.3, 0.4) is 0 Å². The number of anilines is 6. The molecule has 17 rings (SSSR count). The van der Waals surface area contributed by atoms with Gasteiger partial charge in [0.1, 0.15) is 0 Å². The quantitative estimate of drug-likeness (QED) is 0.126. The van der Waals surface area contributed by atoms with Crippen molar-refractivity contribution in [2.45, 2.75) is 0 Å². The largest absolute Gasteiger partial charge is 0.311 e. The summed E-state index contributed by atoms with van der Waals surface area (Å²) in [5.74, 6) is 0. The van der Waals surface area contributed by atoms with Gasteiger partial charge in [-0.25, -0.2) is 0 Å². The van der Waals surface area contributed by atoms with Crippen LogP contribution in [0, 0.1) is 0 Å². The monoisotopic (exact) mass is 1120 g/mol. The van der Waals surface area contributed by atoms with Crippen LogP contribution in [0.5, 0.6) is 0 Å². The van der Waals surface area contributed by atoms with Crippen LogP contribution in [0.15, 0.2) is 340 Å². The maximum absolute atomic E-state index is 2.61. The van der Waals surface area contributed by atoms with Gasteiger partial charge in [0.15, 0.2) is 0 Å². The second kappa shape index (κ2) is 21.3. The van der Waals surface area contributed by atoms with Crippen molar-refractivity contribution in [2.75, 3.05) is 9.80 Å². The number of aromatic nitrogens is 1. The molecule has 0 bridgehead atoms. The summed E-state index contributed by atoms with van der Waals surface area (Å²) in [6, 6.07) is 126. The molecule has 88 heavy (non-hydrogen) atoms. The zero-order valence-electron chi connectivity index (χ0n) is 48.3. The first-order valence-electron chi connectivity index (χ1n) is 30.4. The van der Waals surface area contributed by atoms with Crippen LogP contribution >= 0.6 is 0 Å². The Hall–Kier alpha value is -11.5. The van der Waals surface area contributed by atoms with Gasteiger partial charge in [0.2, 0.25) is 0 Å². The Kier molecular flexibility index (Phi) is 12.3. The Morgan fingerprint density at radius 2 is 0.568 bits per heavy atom. The molecule has 3 nitrogen and oxygen atoms in total. The zero-order valence-corrected chi connectivity index (χ0v) is 48.3. The van der Waals surface area contributed by atoms with Crippen molar-refractivity contribution in [2.24, 2.45) is 0 Å². The lowest BCUT2D eigenvalue weighted by Gasteiger charge is -2.45. The number of hydrogen-bond donors (Lipinski definition) is 0. The summed E-state index contributed by atoms with van der Waals surface area (Å²) < 4.78 is 2.48. The van der Waals surface area contributed by atoms with E-state index in [0.29, 0.717) is 0 Å².